The van der Waals surface area contributed by atoms with Crippen molar-refractivity contribution in [3.63, 3.8) is 0 Å². The molecule has 1 aliphatic rings. The summed E-state index contributed by atoms with van der Waals surface area (Å²) in [6.45, 7) is 8.70. The van der Waals surface area contributed by atoms with E-state index in [-0.39, 0.29) is 11.8 Å². The van der Waals surface area contributed by atoms with Crippen LogP contribution < -0.4 is 0 Å². The molecule has 3 nitrogen and oxygen atoms in total. The SMILES string of the molecule is CC1=NN(Cc2ccc(C)cc2)C(=O)C1C(C)C. The molecule has 0 N–H and O–H groups in total. The second kappa shape index (κ2) is 4.92. The Labute approximate surface area is 108 Å². The highest BCUT2D eigenvalue weighted by atomic mass is 16.2. The van der Waals surface area contributed by atoms with Gasteiger partial charge in [-0.1, -0.05) is 43.7 Å². The second-order valence-corrected chi connectivity index (χ2v) is 5.34. The van der Waals surface area contributed by atoms with Crippen molar-refractivity contribution in [2.24, 2.45) is 16.9 Å². The summed E-state index contributed by atoms with van der Waals surface area (Å²) in [5.41, 5.74) is 3.28. The minimum atomic E-state index is -0.0459. The lowest BCUT2D eigenvalue weighted by Gasteiger charge is -2.16. The molecule has 1 aromatic rings. The van der Waals surface area contributed by atoms with Crippen LogP contribution in [0.15, 0.2) is 29.4 Å². The molecule has 0 radical (unpaired) electrons. The minimum absolute atomic E-state index is 0.0459. The molecule has 1 amide bonds. The normalized spacial score (nSPS) is 19.6. The number of carbonyl (C=O) groups excluding carboxylic acids is 1. The Hall–Kier alpha value is -1.64. The third-order valence-corrected chi connectivity index (χ3v) is 3.37. The molecule has 18 heavy (non-hydrogen) atoms. The Morgan fingerprint density at radius 3 is 2.33 bits per heavy atom. The summed E-state index contributed by atoms with van der Waals surface area (Å²) in [5, 5.41) is 5.99. The van der Waals surface area contributed by atoms with Gasteiger partial charge >= 0.3 is 0 Å². The van der Waals surface area contributed by atoms with Crippen LogP contribution in [-0.4, -0.2) is 16.6 Å². The predicted molar refractivity (Wildman–Crippen MR) is 73.2 cm³/mol. The molecule has 1 unspecified atom stereocenters. The zero-order valence-corrected chi connectivity index (χ0v) is 11.5. The van der Waals surface area contributed by atoms with E-state index in [1.54, 1.807) is 5.01 Å². The number of nitrogens with zero attached hydrogens (tertiary/aromatic N) is 2. The fourth-order valence-electron chi connectivity index (χ4n) is 2.39. The molecule has 1 aliphatic heterocycles. The van der Waals surface area contributed by atoms with Crippen molar-refractivity contribution < 1.29 is 4.79 Å². The maximum absolute atomic E-state index is 12.2. The Kier molecular flexibility index (Phi) is 3.50. The molecule has 0 spiro atoms. The largest absolute Gasteiger partial charge is 0.272 e. The summed E-state index contributed by atoms with van der Waals surface area (Å²) in [6.07, 6.45) is 0. The van der Waals surface area contributed by atoms with E-state index in [2.05, 4.69) is 50.1 Å². The summed E-state index contributed by atoms with van der Waals surface area (Å²) in [7, 11) is 0. The molecule has 1 aromatic carbocycles. The summed E-state index contributed by atoms with van der Waals surface area (Å²) in [5.74, 6) is 0.391. The van der Waals surface area contributed by atoms with Crippen LogP contribution in [-0.2, 0) is 11.3 Å². The van der Waals surface area contributed by atoms with Crippen molar-refractivity contribution in [2.45, 2.75) is 34.2 Å². The Bertz CT molecular complexity index is 474. The van der Waals surface area contributed by atoms with E-state index in [1.807, 2.05) is 6.92 Å². The first-order valence-electron chi connectivity index (χ1n) is 6.41. The Morgan fingerprint density at radius 1 is 1.22 bits per heavy atom. The molecular formula is C15H20N2O. The number of amides is 1. The summed E-state index contributed by atoms with van der Waals surface area (Å²) >= 11 is 0. The number of hydrogen-bond donors (Lipinski definition) is 0. The van der Waals surface area contributed by atoms with Crippen LogP contribution in [0, 0.1) is 18.8 Å². The third-order valence-electron chi connectivity index (χ3n) is 3.37. The number of aryl methyl sites for hydroxylation is 1. The van der Waals surface area contributed by atoms with Gasteiger partial charge in [-0.25, -0.2) is 5.01 Å². The van der Waals surface area contributed by atoms with Crippen molar-refractivity contribution in [3.05, 3.63) is 35.4 Å². The van der Waals surface area contributed by atoms with Gasteiger partial charge < -0.3 is 0 Å². The summed E-state index contributed by atoms with van der Waals surface area (Å²) in [4.78, 5) is 12.2. The number of hydrogen-bond acceptors (Lipinski definition) is 2. The highest BCUT2D eigenvalue weighted by Gasteiger charge is 2.35. The van der Waals surface area contributed by atoms with Gasteiger partial charge in [0.05, 0.1) is 12.5 Å². The van der Waals surface area contributed by atoms with Gasteiger partial charge in [0.2, 0.25) is 0 Å². The van der Waals surface area contributed by atoms with Gasteiger partial charge in [0, 0.05) is 5.71 Å². The van der Waals surface area contributed by atoms with Gasteiger partial charge in [-0.05, 0) is 25.3 Å². The molecule has 96 valence electrons. The third kappa shape index (κ3) is 2.45. The molecule has 1 heterocycles. The molecule has 0 aliphatic carbocycles. The molecule has 0 aromatic heterocycles. The molecule has 0 bridgehead atoms. The molecule has 0 saturated heterocycles. The standard InChI is InChI=1S/C15H20N2O/c1-10(2)14-12(4)16-17(15(14)18)9-13-7-5-11(3)6-8-13/h5-8,10,14H,9H2,1-4H3. The lowest BCUT2D eigenvalue weighted by atomic mass is 9.92. The van der Waals surface area contributed by atoms with Crippen molar-refractivity contribution >= 4 is 11.6 Å². The van der Waals surface area contributed by atoms with Gasteiger partial charge in [0.1, 0.15) is 0 Å². The van der Waals surface area contributed by atoms with E-state index in [0.29, 0.717) is 12.5 Å². The molecular weight excluding hydrogens is 224 g/mol. The van der Waals surface area contributed by atoms with Crippen molar-refractivity contribution in [2.75, 3.05) is 0 Å². The van der Waals surface area contributed by atoms with Gasteiger partial charge in [-0.3, -0.25) is 4.79 Å². The fraction of sp³-hybridized carbons (Fsp3) is 0.467. The molecule has 1 atom stereocenters. The van der Waals surface area contributed by atoms with E-state index in [9.17, 15) is 4.79 Å². The molecule has 0 saturated carbocycles. The highest BCUT2D eigenvalue weighted by Crippen LogP contribution is 2.24. The Balaban J connectivity index is 2.12. The van der Waals surface area contributed by atoms with Crippen molar-refractivity contribution in [3.8, 4) is 0 Å². The smallest absolute Gasteiger partial charge is 0.252 e. The number of hydrazone groups is 1. The predicted octanol–water partition coefficient (Wildman–Crippen LogP) is 2.99. The average molecular weight is 244 g/mol. The second-order valence-electron chi connectivity index (χ2n) is 5.34. The fourth-order valence-corrected chi connectivity index (χ4v) is 2.39. The lowest BCUT2D eigenvalue weighted by Crippen LogP contribution is -2.30. The van der Waals surface area contributed by atoms with E-state index in [1.165, 1.54) is 5.56 Å². The number of carbonyl (C=O) groups is 1. The maximum atomic E-state index is 12.2. The molecule has 0 fully saturated rings. The van der Waals surface area contributed by atoms with Crippen LogP contribution >= 0.6 is 0 Å². The van der Waals surface area contributed by atoms with Crippen LogP contribution in [0.2, 0.25) is 0 Å². The van der Waals surface area contributed by atoms with Crippen LogP contribution in [0.1, 0.15) is 31.9 Å². The number of benzene rings is 1. The highest BCUT2D eigenvalue weighted by molar-refractivity contribution is 6.07. The molecule has 2 rings (SSSR count). The minimum Gasteiger partial charge on any atom is -0.272 e. The van der Waals surface area contributed by atoms with Gasteiger partial charge in [0.15, 0.2) is 0 Å². The van der Waals surface area contributed by atoms with Crippen LogP contribution in [0.3, 0.4) is 0 Å². The van der Waals surface area contributed by atoms with Crippen molar-refractivity contribution in [1.29, 1.82) is 0 Å². The average Bonchev–Trinajstić information content (AvgIpc) is 2.57. The number of rotatable bonds is 3. The van der Waals surface area contributed by atoms with E-state index >= 15 is 0 Å². The zero-order chi connectivity index (χ0) is 13.3. The first-order chi connectivity index (χ1) is 8.49. The topological polar surface area (TPSA) is 32.7 Å². The zero-order valence-electron chi connectivity index (χ0n) is 11.5. The van der Waals surface area contributed by atoms with Crippen LogP contribution in [0.4, 0.5) is 0 Å². The summed E-state index contributed by atoms with van der Waals surface area (Å²) in [6, 6.07) is 8.23. The monoisotopic (exact) mass is 244 g/mol. The Morgan fingerprint density at radius 2 is 1.83 bits per heavy atom. The van der Waals surface area contributed by atoms with Gasteiger partial charge in [-0.15, -0.1) is 0 Å². The lowest BCUT2D eigenvalue weighted by molar-refractivity contribution is -0.133. The van der Waals surface area contributed by atoms with Crippen LogP contribution in [0.25, 0.3) is 0 Å². The maximum Gasteiger partial charge on any atom is 0.252 e. The first kappa shape index (κ1) is 12.8. The first-order valence-corrected chi connectivity index (χ1v) is 6.41. The summed E-state index contributed by atoms with van der Waals surface area (Å²) < 4.78 is 0. The van der Waals surface area contributed by atoms with E-state index in [0.717, 1.165) is 11.3 Å². The molecule has 3 heteroatoms. The van der Waals surface area contributed by atoms with E-state index < -0.39 is 0 Å². The van der Waals surface area contributed by atoms with Crippen molar-refractivity contribution in [1.82, 2.24) is 5.01 Å². The quantitative estimate of drug-likeness (QED) is 0.804. The van der Waals surface area contributed by atoms with Gasteiger partial charge in [0.25, 0.3) is 5.91 Å². The van der Waals surface area contributed by atoms with Crippen LogP contribution in [0.5, 0.6) is 0 Å². The van der Waals surface area contributed by atoms with Gasteiger partial charge in [-0.2, -0.15) is 5.10 Å². The van der Waals surface area contributed by atoms with E-state index in [4.69, 9.17) is 0 Å².